The lowest BCUT2D eigenvalue weighted by Gasteiger charge is -2.11. The summed E-state index contributed by atoms with van der Waals surface area (Å²) in [5, 5.41) is 13.8. The lowest BCUT2D eigenvalue weighted by molar-refractivity contribution is -0.385. The number of methoxy groups -OCH3 is 1. The molecule has 0 atom stereocenters. The highest BCUT2D eigenvalue weighted by atomic mass is 16.6. The van der Waals surface area contributed by atoms with Crippen LogP contribution in [0, 0.1) is 10.1 Å². The molecule has 2 rings (SSSR count). The van der Waals surface area contributed by atoms with E-state index in [0.717, 1.165) is 12.1 Å². The molecule has 0 saturated heterocycles. The summed E-state index contributed by atoms with van der Waals surface area (Å²) in [5.74, 6) is -1.32. The Bertz CT molecular complexity index is 837. The molecule has 0 aliphatic heterocycles. The van der Waals surface area contributed by atoms with Gasteiger partial charge in [-0.3, -0.25) is 14.9 Å². The number of carbonyl (C=O) groups is 2. The molecule has 0 aliphatic carbocycles. The van der Waals surface area contributed by atoms with E-state index in [1.165, 1.54) is 7.11 Å². The number of hydrogen-bond donors (Lipinski definition) is 1. The number of nitro groups is 1. The van der Waals surface area contributed by atoms with Gasteiger partial charge in [0.1, 0.15) is 5.56 Å². The van der Waals surface area contributed by atoms with Crippen molar-refractivity contribution >= 4 is 23.3 Å². The summed E-state index contributed by atoms with van der Waals surface area (Å²) in [4.78, 5) is 34.7. The van der Waals surface area contributed by atoms with Gasteiger partial charge >= 0.3 is 5.97 Å². The summed E-state index contributed by atoms with van der Waals surface area (Å²) in [6.45, 7) is 1.38. The van der Waals surface area contributed by atoms with Gasteiger partial charge in [-0.05, 0) is 19.1 Å². The molecule has 0 heterocycles. The van der Waals surface area contributed by atoms with Crippen molar-refractivity contribution in [1.82, 2.24) is 0 Å². The van der Waals surface area contributed by atoms with Gasteiger partial charge in [0.2, 0.25) is 0 Å². The van der Waals surface area contributed by atoms with Gasteiger partial charge in [-0.1, -0.05) is 18.2 Å². The van der Waals surface area contributed by atoms with E-state index in [4.69, 9.17) is 14.2 Å². The first-order valence-electron chi connectivity index (χ1n) is 7.97. The van der Waals surface area contributed by atoms with Gasteiger partial charge in [0.15, 0.2) is 18.1 Å². The first kappa shape index (κ1) is 19.7. The number of carbonyl (C=O) groups excluding carboxylic acids is 2. The van der Waals surface area contributed by atoms with Gasteiger partial charge in [0.05, 0.1) is 24.7 Å². The van der Waals surface area contributed by atoms with Gasteiger partial charge in [0, 0.05) is 11.8 Å². The summed E-state index contributed by atoms with van der Waals surface area (Å²) in [7, 11) is 1.33. The zero-order valence-electron chi connectivity index (χ0n) is 14.8. The molecule has 1 amide bonds. The van der Waals surface area contributed by atoms with Gasteiger partial charge in [-0.25, -0.2) is 4.79 Å². The van der Waals surface area contributed by atoms with E-state index in [0.29, 0.717) is 5.69 Å². The second-order valence-corrected chi connectivity index (χ2v) is 5.20. The summed E-state index contributed by atoms with van der Waals surface area (Å²) in [6.07, 6.45) is 0. The quantitative estimate of drug-likeness (QED) is 0.429. The van der Waals surface area contributed by atoms with Crippen molar-refractivity contribution in [3.63, 3.8) is 0 Å². The molecule has 2 aromatic rings. The highest BCUT2D eigenvalue weighted by Crippen LogP contribution is 2.35. The van der Waals surface area contributed by atoms with Crippen LogP contribution < -0.4 is 14.8 Å². The van der Waals surface area contributed by atoms with Crippen LogP contribution in [0.1, 0.15) is 17.3 Å². The van der Waals surface area contributed by atoms with Crippen LogP contribution in [0.25, 0.3) is 0 Å². The van der Waals surface area contributed by atoms with E-state index in [9.17, 15) is 19.7 Å². The number of nitro benzene ring substituents is 1. The number of benzene rings is 2. The number of nitrogens with one attached hydrogen (secondary N) is 1. The van der Waals surface area contributed by atoms with Gasteiger partial charge in [-0.2, -0.15) is 0 Å². The standard InChI is InChI=1S/C18H18N2O7/c1-3-26-16-9-13(14(20(23)24)10-15(16)25-2)18(22)27-11-17(21)19-12-7-5-4-6-8-12/h4-10H,3,11H2,1-2H3,(H,19,21). The summed E-state index contributed by atoms with van der Waals surface area (Å²) in [6, 6.07) is 10.8. The molecule has 1 N–H and O–H groups in total. The lowest BCUT2D eigenvalue weighted by atomic mass is 10.1. The second kappa shape index (κ2) is 9.18. The van der Waals surface area contributed by atoms with Crippen molar-refractivity contribution in [2.75, 3.05) is 25.6 Å². The number of hydrogen-bond acceptors (Lipinski definition) is 7. The van der Waals surface area contributed by atoms with E-state index in [-0.39, 0.29) is 23.7 Å². The Labute approximate surface area is 155 Å². The monoisotopic (exact) mass is 374 g/mol. The third kappa shape index (κ3) is 5.18. The molecule has 9 heteroatoms. The molecule has 0 radical (unpaired) electrons. The van der Waals surface area contributed by atoms with Crippen molar-refractivity contribution in [2.45, 2.75) is 6.92 Å². The third-order valence-electron chi connectivity index (χ3n) is 3.39. The molecule has 0 saturated carbocycles. The predicted molar refractivity (Wildman–Crippen MR) is 96.2 cm³/mol. The minimum absolute atomic E-state index is 0.113. The molecule has 2 aromatic carbocycles. The number of esters is 1. The minimum Gasteiger partial charge on any atom is -0.493 e. The molecule has 27 heavy (non-hydrogen) atoms. The van der Waals surface area contributed by atoms with Crippen molar-refractivity contribution in [3.05, 3.63) is 58.1 Å². The first-order valence-corrected chi connectivity index (χ1v) is 7.97. The fourth-order valence-electron chi connectivity index (χ4n) is 2.22. The maximum Gasteiger partial charge on any atom is 0.345 e. The van der Waals surface area contributed by atoms with Crippen molar-refractivity contribution in [2.24, 2.45) is 0 Å². The normalized spacial score (nSPS) is 10.0. The number of rotatable bonds is 8. The number of ether oxygens (including phenoxy) is 3. The van der Waals surface area contributed by atoms with Crippen LogP contribution in [0.5, 0.6) is 11.5 Å². The van der Waals surface area contributed by atoms with Crippen LogP contribution in [0.2, 0.25) is 0 Å². The molecule has 0 fully saturated rings. The smallest absolute Gasteiger partial charge is 0.345 e. The Morgan fingerprint density at radius 2 is 1.85 bits per heavy atom. The highest BCUT2D eigenvalue weighted by molar-refractivity contribution is 5.98. The number of nitrogens with zero attached hydrogens (tertiary/aromatic N) is 1. The summed E-state index contributed by atoms with van der Waals surface area (Å²) >= 11 is 0. The van der Waals surface area contributed by atoms with Gasteiger partial charge in [-0.15, -0.1) is 0 Å². The summed E-state index contributed by atoms with van der Waals surface area (Å²) in [5.41, 5.74) is -0.312. The number of amides is 1. The third-order valence-corrected chi connectivity index (χ3v) is 3.39. The molecule has 0 aliphatic rings. The Kier molecular flexibility index (Phi) is 6.70. The fraction of sp³-hybridized carbons (Fsp3) is 0.222. The molecule has 0 unspecified atom stereocenters. The van der Waals surface area contributed by atoms with E-state index in [1.54, 1.807) is 37.3 Å². The SMILES string of the molecule is CCOc1cc(C(=O)OCC(=O)Nc2ccccc2)c([N+](=O)[O-])cc1OC. The lowest BCUT2D eigenvalue weighted by Crippen LogP contribution is -2.21. The Morgan fingerprint density at radius 3 is 2.44 bits per heavy atom. The van der Waals surface area contributed by atoms with Crippen molar-refractivity contribution in [3.8, 4) is 11.5 Å². The van der Waals surface area contributed by atoms with Crippen molar-refractivity contribution in [1.29, 1.82) is 0 Å². The molecule has 0 spiro atoms. The van der Waals surface area contributed by atoms with Crippen LogP contribution in [0.4, 0.5) is 11.4 Å². The Morgan fingerprint density at radius 1 is 1.15 bits per heavy atom. The molecular weight excluding hydrogens is 356 g/mol. The predicted octanol–water partition coefficient (Wildman–Crippen LogP) is 2.80. The Balaban J connectivity index is 2.15. The van der Waals surface area contributed by atoms with E-state index >= 15 is 0 Å². The van der Waals surface area contributed by atoms with E-state index < -0.39 is 29.1 Å². The maximum absolute atomic E-state index is 12.3. The zero-order chi connectivity index (χ0) is 19.8. The zero-order valence-corrected chi connectivity index (χ0v) is 14.8. The maximum atomic E-state index is 12.3. The fourth-order valence-corrected chi connectivity index (χ4v) is 2.22. The molecular formula is C18H18N2O7. The first-order chi connectivity index (χ1) is 13.0. The van der Waals surface area contributed by atoms with Crippen LogP contribution in [-0.2, 0) is 9.53 Å². The minimum atomic E-state index is -1.02. The number of para-hydroxylation sites is 1. The molecule has 9 nitrogen and oxygen atoms in total. The van der Waals surface area contributed by atoms with E-state index in [1.807, 2.05) is 0 Å². The average molecular weight is 374 g/mol. The van der Waals surface area contributed by atoms with Crippen LogP contribution >= 0.6 is 0 Å². The van der Waals surface area contributed by atoms with E-state index in [2.05, 4.69) is 5.32 Å². The van der Waals surface area contributed by atoms with Crippen LogP contribution in [0.15, 0.2) is 42.5 Å². The highest BCUT2D eigenvalue weighted by Gasteiger charge is 2.26. The molecule has 142 valence electrons. The number of anilines is 1. The molecule has 0 aromatic heterocycles. The topological polar surface area (TPSA) is 117 Å². The molecule has 0 bridgehead atoms. The Hall–Kier alpha value is -3.62. The van der Waals surface area contributed by atoms with Gasteiger partial charge in [0.25, 0.3) is 11.6 Å². The second-order valence-electron chi connectivity index (χ2n) is 5.20. The van der Waals surface area contributed by atoms with Crippen LogP contribution in [0.3, 0.4) is 0 Å². The van der Waals surface area contributed by atoms with Crippen molar-refractivity contribution < 1.29 is 28.7 Å². The van der Waals surface area contributed by atoms with Gasteiger partial charge < -0.3 is 19.5 Å². The summed E-state index contributed by atoms with van der Waals surface area (Å²) < 4.78 is 15.3. The van der Waals surface area contributed by atoms with Crippen LogP contribution in [-0.4, -0.2) is 37.1 Å². The average Bonchev–Trinajstić information content (AvgIpc) is 2.66. The largest absolute Gasteiger partial charge is 0.493 e.